The Morgan fingerprint density at radius 1 is 1.18 bits per heavy atom. The SMILES string of the molecule is Cn1c(Cn2c(=O)sc3ccccc32)nnc1SCc1cccc([N+](=O)[O-])c1. The molecule has 0 radical (unpaired) electrons. The smallest absolute Gasteiger partial charge is 0.308 e. The predicted molar refractivity (Wildman–Crippen MR) is 109 cm³/mol. The lowest BCUT2D eigenvalue weighted by Crippen LogP contribution is -2.16. The van der Waals surface area contributed by atoms with E-state index in [1.54, 1.807) is 16.7 Å². The zero-order chi connectivity index (χ0) is 19.7. The van der Waals surface area contributed by atoms with Gasteiger partial charge in [0.25, 0.3) is 5.69 Å². The second-order valence-electron chi connectivity index (χ2n) is 6.10. The Morgan fingerprint density at radius 3 is 2.82 bits per heavy atom. The van der Waals surface area contributed by atoms with Gasteiger partial charge in [0.2, 0.25) is 0 Å². The fourth-order valence-corrected chi connectivity index (χ4v) is 4.58. The molecule has 2 aromatic carbocycles. The Balaban J connectivity index is 1.53. The number of rotatable bonds is 6. The van der Waals surface area contributed by atoms with Crippen molar-refractivity contribution in [1.29, 1.82) is 0 Å². The van der Waals surface area contributed by atoms with E-state index in [0.29, 0.717) is 23.3 Å². The summed E-state index contributed by atoms with van der Waals surface area (Å²) in [5.74, 6) is 1.21. The fourth-order valence-electron chi connectivity index (χ4n) is 2.82. The molecule has 0 fully saturated rings. The lowest BCUT2D eigenvalue weighted by atomic mass is 10.2. The molecular formula is C18H15N5O3S2. The number of fused-ring (bicyclic) bond motifs is 1. The average Bonchev–Trinajstić information content (AvgIpc) is 3.20. The van der Waals surface area contributed by atoms with Gasteiger partial charge in [-0.1, -0.05) is 47.4 Å². The molecule has 0 N–H and O–H groups in total. The summed E-state index contributed by atoms with van der Waals surface area (Å²) < 4.78 is 4.48. The Morgan fingerprint density at radius 2 is 2.00 bits per heavy atom. The van der Waals surface area contributed by atoms with Gasteiger partial charge in [0.15, 0.2) is 11.0 Å². The molecule has 0 bridgehead atoms. The maximum absolute atomic E-state index is 12.3. The summed E-state index contributed by atoms with van der Waals surface area (Å²) >= 11 is 2.66. The van der Waals surface area contributed by atoms with Crippen LogP contribution >= 0.6 is 23.1 Å². The van der Waals surface area contributed by atoms with E-state index in [1.807, 2.05) is 41.9 Å². The molecule has 4 aromatic rings. The zero-order valence-electron chi connectivity index (χ0n) is 14.8. The molecule has 0 aliphatic rings. The molecule has 10 heteroatoms. The highest BCUT2D eigenvalue weighted by Crippen LogP contribution is 2.24. The number of non-ortho nitro benzene ring substituents is 1. The number of nitro groups is 1. The zero-order valence-corrected chi connectivity index (χ0v) is 16.4. The molecule has 0 saturated heterocycles. The number of hydrogen-bond donors (Lipinski definition) is 0. The van der Waals surface area contributed by atoms with Crippen molar-refractivity contribution in [1.82, 2.24) is 19.3 Å². The first-order chi connectivity index (χ1) is 13.5. The van der Waals surface area contributed by atoms with Crippen LogP contribution in [0, 0.1) is 10.1 Å². The van der Waals surface area contributed by atoms with Gasteiger partial charge in [0, 0.05) is 24.9 Å². The number of hydrogen-bond acceptors (Lipinski definition) is 7. The van der Waals surface area contributed by atoms with Gasteiger partial charge in [0.1, 0.15) is 0 Å². The lowest BCUT2D eigenvalue weighted by molar-refractivity contribution is -0.384. The molecule has 0 amide bonds. The molecule has 0 saturated carbocycles. The van der Waals surface area contributed by atoms with Crippen LogP contribution in [-0.4, -0.2) is 24.3 Å². The lowest BCUT2D eigenvalue weighted by Gasteiger charge is -2.05. The van der Waals surface area contributed by atoms with E-state index >= 15 is 0 Å². The minimum absolute atomic E-state index is 0.0324. The predicted octanol–water partition coefficient (Wildman–Crippen LogP) is 3.44. The van der Waals surface area contributed by atoms with Crippen LogP contribution in [0.2, 0.25) is 0 Å². The number of benzene rings is 2. The van der Waals surface area contributed by atoms with Crippen molar-refractivity contribution in [2.75, 3.05) is 0 Å². The third-order valence-electron chi connectivity index (χ3n) is 4.29. The van der Waals surface area contributed by atoms with Crippen molar-refractivity contribution in [3.63, 3.8) is 0 Å². The van der Waals surface area contributed by atoms with Crippen LogP contribution in [0.25, 0.3) is 10.2 Å². The van der Waals surface area contributed by atoms with Crippen LogP contribution in [0.1, 0.15) is 11.4 Å². The van der Waals surface area contributed by atoms with Gasteiger partial charge < -0.3 is 4.57 Å². The van der Waals surface area contributed by atoms with Crippen molar-refractivity contribution in [3.8, 4) is 0 Å². The van der Waals surface area contributed by atoms with Crippen LogP contribution < -0.4 is 4.87 Å². The van der Waals surface area contributed by atoms with E-state index in [4.69, 9.17) is 0 Å². The van der Waals surface area contributed by atoms with Gasteiger partial charge in [-0.3, -0.25) is 19.5 Å². The van der Waals surface area contributed by atoms with Crippen LogP contribution in [0.4, 0.5) is 5.69 Å². The number of para-hydroxylation sites is 1. The van der Waals surface area contributed by atoms with E-state index in [-0.39, 0.29) is 10.6 Å². The summed E-state index contributed by atoms with van der Waals surface area (Å²) in [5.41, 5.74) is 1.79. The van der Waals surface area contributed by atoms with Crippen molar-refractivity contribution in [3.05, 3.63) is 79.7 Å². The highest BCUT2D eigenvalue weighted by molar-refractivity contribution is 7.98. The maximum atomic E-state index is 12.3. The van der Waals surface area contributed by atoms with E-state index in [2.05, 4.69) is 10.2 Å². The minimum atomic E-state index is -0.405. The standard InChI is InChI=1S/C18H15N5O3S2/c1-21-16(10-22-14-7-2-3-8-15(14)28-18(22)24)19-20-17(21)27-11-12-5-4-6-13(9-12)23(25)26/h2-9H,10-11H2,1H3. The quantitative estimate of drug-likeness (QED) is 0.273. The van der Waals surface area contributed by atoms with Gasteiger partial charge in [-0.2, -0.15) is 0 Å². The highest BCUT2D eigenvalue weighted by Gasteiger charge is 2.14. The molecule has 8 nitrogen and oxygen atoms in total. The first-order valence-corrected chi connectivity index (χ1v) is 10.2. The van der Waals surface area contributed by atoms with Gasteiger partial charge in [-0.05, 0) is 17.7 Å². The molecule has 0 atom stereocenters. The Bertz CT molecular complexity index is 1230. The molecule has 0 spiro atoms. The number of nitrogens with zero attached hydrogens (tertiary/aromatic N) is 5. The summed E-state index contributed by atoms with van der Waals surface area (Å²) in [7, 11) is 1.85. The van der Waals surface area contributed by atoms with Crippen molar-refractivity contribution in [2.24, 2.45) is 7.05 Å². The molecule has 2 heterocycles. The monoisotopic (exact) mass is 413 g/mol. The Kier molecular flexibility index (Phi) is 4.97. The van der Waals surface area contributed by atoms with Gasteiger partial charge in [-0.25, -0.2) is 0 Å². The van der Waals surface area contributed by atoms with Crippen LogP contribution in [-0.2, 0) is 19.3 Å². The molecule has 2 aromatic heterocycles. The minimum Gasteiger partial charge on any atom is -0.308 e. The summed E-state index contributed by atoms with van der Waals surface area (Å²) in [6, 6.07) is 14.2. The van der Waals surface area contributed by atoms with Crippen molar-refractivity contribution in [2.45, 2.75) is 17.5 Å². The largest absolute Gasteiger partial charge is 0.308 e. The molecule has 0 aliphatic heterocycles. The van der Waals surface area contributed by atoms with Crippen LogP contribution in [0.5, 0.6) is 0 Å². The number of aromatic nitrogens is 4. The summed E-state index contributed by atoms with van der Waals surface area (Å²) in [6.45, 7) is 0.337. The summed E-state index contributed by atoms with van der Waals surface area (Å²) in [4.78, 5) is 22.8. The maximum Gasteiger partial charge on any atom is 0.308 e. The van der Waals surface area contributed by atoms with Crippen molar-refractivity contribution >= 4 is 39.0 Å². The topological polar surface area (TPSA) is 95.8 Å². The second kappa shape index (κ2) is 7.56. The van der Waals surface area contributed by atoms with E-state index in [9.17, 15) is 14.9 Å². The Hall–Kier alpha value is -2.98. The van der Waals surface area contributed by atoms with Crippen molar-refractivity contribution < 1.29 is 4.92 Å². The molecular weight excluding hydrogens is 398 g/mol. The molecule has 4 rings (SSSR count). The normalized spacial score (nSPS) is 11.2. The van der Waals surface area contributed by atoms with E-state index in [1.165, 1.54) is 29.2 Å². The van der Waals surface area contributed by atoms with Crippen LogP contribution in [0.3, 0.4) is 0 Å². The number of thioether (sulfide) groups is 1. The Labute approximate surface area is 167 Å². The molecule has 28 heavy (non-hydrogen) atoms. The highest BCUT2D eigenvalue weighted by atomic mass is 32.2. The second-order valence-corrected chi connectivity index (χ2v) is 8.03. The van der Waals surface area contributed by atoms with Crippen LogP contribution in [0.15, 0.2) is 58.5 Å². The average molecular weight is 413 g/mol. The molecule has 0 aliphatic carbocycles. The molecule has 142 valence electrons. The number of nitro benzene ring substituents is 1. The third kappa shape index (κ3) is 3.56. The van der Waals surface area contributed by atoms with E-state index in [0.717, 1.165) is 15.8 Å². The van der Waals surface area contributed by atoms with Gasteiger partial charge >= 0.3 is 4.87 Å². The summed E-state index contributed by atoms with van der Waals surface area (Å²) in [5, 5.41) is 20.0. The van der Waals surface area contributed by atoms with Gasteiger partial charge in [-0.15, -0.1) is 10.2 Å². The first-order valence-electron chi connectivity index (χ1n) is 8.35. The number of thiazole rings is 1. The summed E-state index contributed by atoms with van der Waals surface area (Å²) in [6.07, 6.45) is 0. The fraction of sp³-hybridized carbons (Fsp3) is 0.167. The first kappa shape index (κ1) is 18.4. The third-order valence-corrected chi connectivity index (χ3v) is 6.34. The van der Waals surface area contributed by atoms with Gasteiger partial charge in [0.05, 0.1) is 21.7 Å². The molecule has 0 unspecified atom stereocenters. The van der Waals surface area contributed by atoms with E-state index < -0.39 is 4.92 Å².